The molecule has 30 heavy (non-hydrogen) atoms. The van der Waals surface area contributed by atoms with Gasteiger partial charge in [-0.3, -0.25) is 0 Å². The quantitative estimate of drug-likeness (QED) is 0.491. The van der Waals surface area contributed by atoms with E-state index in [1.165, 1.54) is 13.8 Å². The highest BCUT2D eigenvalue weighted by Crippen LogP contribution is 2.41. The van der Waals surface area contributed by atoms with E-state index < -0.39 is 46.8 Å². The molecule has 0 spiro atoms. The second-order valence-corrected chi connectivity index (χ2v) is 6.94. The first-order valence-corrected chi connectivity index (χ1v) is 8.66. The number of rotatable bonds is 4. The van der Waals surface area contributed by atoms with Crippen molar-refractivity contribution in [2.24, 2.45) is 0 Å². The third-order valence-corrected chi connectivity index (χ3v) is 4.91. The molecule has 0 heterocycles. The van der Waals surface area contributed by atoms with Gasteiger partial charge in [0.05, 0.1) is 11.1 Å². The molecular formula is C20H14ClF7O2. The maximum Gasteiger partial charge on any atom is 0.417 e. The highest BCUT2D eigenvalue weighted by Gasteiger charge is 2.40. The molecule has 2 aromatic carbocycles. The van der Waals surface area contributed by atoms with E-state index >= 15 is 0 Å². The molecule has 0 amide bonds. The Kier molecular flexibility index (Phi) is 6.56. The Hall–Kier alpha value is -2.55. The topological polar surface area (TPSA) is 37.3 Å². The molecule has 10 heteroatoms. The second kappa shape index (κ2) is 8.29. The lowest BCUT2D eigenvalue weighted by Gasteiger charge is -2.20. The summed E-state index contributed by atoms with van der Waals surface area (Å²) in [6, 6.07) is 3.57. The zero-order valence-electron chi connectivity index (χ0n) is 15.4. The maximum absolute atomic E-state index is 14.6. The average Bonchev–Trinajstić information content (AvgIpc) is 2.61. The highest BCUT2D eigenvalue weighted by molar-refractivity contribution is 6.32. The maximum atomic E-state index is 14.6. The van der Waals surface area contributed by atoms with Gasteiger partial charge in [-0.1, -0.05) is 29.8 Å². The largest absolute Gasteiger partial charge is 0.478 e. The van der Waals surface area contributed by atoms with Crippen molar-refractivity contribution in [1.82, 2.24) is 0 Å². The van der Waals surface area contributed by atoms with Crippen LogP contribution in [-0.2, 0) is 6.18 Å². The van der Waals surface area contributed by atoms with Gasteiger partial charge in [-0.05, 0) is 48.7 Å². The zero-order chi connectivity index (χ0) is 23.0. The van der Waals surface area contributed by atoms with E-state index in [0.717, 1.165) is 12.1 Å². The van der Waals surface area contributed by atoms with Crippen LogP contribution >= 0.6 is 11.6 Å². The van der Waals surface area contributed by atoms with Gasteiger partial charge in [0, 0.05) is 10.6 Å². The normalized spacial score (nSPS) is 14.0. The van der Waals surface area contributed by atoms with Gasteiger partial charge in [0.25, 0.3) is 0 Å². The lowest BCUT2D eigenvalue weighted by atomic mass is 9.93. The third-order valence-electron chi connectivity index (χ3n) is 4.31. The fourth-order valence-corrected chi connectivity index (χ4v) is 3.00. The Morgan fingerprint density at radius 1 is 1.03 bits per heavy atom. The molecule has 0 saturated carbocycles. The fraction of sp³-hybridized carbons (Fsp3) is 0.250. The summed E-state index contributed by atoms with van der Waals surface area (Å²) < 4.78 is 94.6. The van der Waals surface area contributed by atoms with Crippen LogP contribution in [-0.4, -0.2) is 17.3 Å². The van der Waals surface area contributed by atoms with Crippen LogP contribution in [0, 0.1) is 13.8 Å². The van der Waals surface area contributed by atoms with Crippen LogP contribution in [0.3, 0.4) is 0 Å². The molecule has 162 valence electrons. The molecule has 2 rings (SSSR count). The highest BCUT2D eigenvalue weighted by atomic mass is 35.5. The Morgan fingerprint density at radius 2 is 1.57 bits per heavy atom. The number of carbonyl (C=O) groups is 1. The minimum Gasteiger partial charge on any atom is -0.478 e. The third kappa shape index (κ3) is 5.13. The predicted molar refractivity (Wildman–Crippen MR) is 97.2 cm³/mol. The molecule has 2 nitrogen and oxygen atoms in total. The van der Waals surface area contributed by atoms with Crippen molar-refractivity contribution in [3.8, 4) is 0 Å². The molecule has 0 saturated heterocycles. The number of allylic oxidation sites excluding steroid dienone is 1. The minimum absolute atomic E-state index is 0.151. The number of hydrogen-bond acceptors (Lipinski definition) is 1. The van der Waals surface area contributed by atoms with Gasteiger partial charge in [0.2, 0.25) is 0 Å². The summed E-state index contributed by atoms with van der Waals surface area (Å²) in [6.07, 6.45) is -9.94. The molecule has 1 N–H and O–H groups in total. The van der Waals surface area contributed by atoms with Crippen LogP contribution in [0.25, 0.3) is 5.83 Å². The molecule has 0 aliphatic heterocycles. The number of aromatic carboxylic acids is 1. The van der Waals surface area contributed by atoms with Gasteiger partial charge in [0.15, 0.2) is 0 Å². The van der Waals surface area contributed by atoms with E-state index in [0.29, 0.717) is 23.3 Å². The second-order valence-electron chi connectivity index (χ2n) is 6.57. The fourth-order valence-electron chi connectivity index (χ4n) is 2.90. The van der Waals surface area contributed by atoms with E-state index in [4.69, 9.17) is 16.7 Å². The van der Waals surface area contributed by atoms with Crippen molar-refractivity contribution in [3.63, 3.8) is 0 Å². The summed E-state index contributed by atoms with van der Waals surface area (Å²) in [5.74, 6) is -5.94. The standard InChI is InChI=1S/C20H14ClF7O2/c1-9-5-12(6-10(2)17(9)21)14(19(23,24)25)8-16(22)11-3-4-13(18(29)30)15(7-11)20(26,27)28/h3-8,14H,1-2H3,(H,29,30)/b16-8-/t14-/m0/s1. The molecular weight excluding hydrogens is 441 g/mol. The van der Waals surface area contributed by atoms with Crippen LogP contribution in [0.15, 0.2) is 36.4 Å². The van der Waals surface area contributed by atoms with Gasteiger partial charge in [-0.2, -0.15) is 26.3 Å². The van der Waals surface area contributed by atoms with Crippen LogP contribution in [0.5, 0.6) is 0 Å². The number of carboxylic acids is 1. The lowest BCUT2D eigenvalue weighted by molar-refractivity contribution is -0.140. The summed E-state index contributed by atoms with van der Waals surface area (Å²) in [5.41, 5.74) is -3.34. The zero-order valence-corrected chi connectivity index (χ0v) is 16.2. The molecule has 0 unspecified atom stereocenters. The van der Waals surface area contributed by atoms with E-state index in [1.807, 2.05) is 0 Å². The molecule has 0 aliphatic rings. The van der Waals surface area contributed by atoms with Crippen LogP contribution in [0.4, 0.5) is 30.7 Å². The number of alkyl halides is 6. The van der Waals surface area contributed by atoms with Crippen molar-refractivity contribution in [2.45, 2.75) is 32.1 Å². The number of benzene rings is 2. The Bertz CT molecular complexity index is 984. The SMILES string of the molecule is Cc1cc([C@H](/C=C(\F)c2ccc(C(=O)O)c(C(F)(F)F)c2)C(F)(F)F)cc(C)c1Cl. The van der Waals surface area contributed by atoms with Gasteiger partial charge in [0.1, 0.15) is 11.7 Å². The van der Waals surface area contributed by atoms with E-state index in [2.05, 4.69) is 0 Å². The molecule has 0 bridgehead atoms. The van der Waals surface area contributed by atoms with Crippen molar-refractivity contribution in [3.05, 3.63) is 74.8 Å². The molecule has 0 fully saturated rings. The Balaban J connectivity index is 2.62. The predicted octanol–water partition coefficient (Wildman–Crippen LogP) is 7.33. The first kappa shape index (κ1) is 23.7. The lowest BCUT2D eigenvalue weighted by Crippen LogP contribution is -2.19. The van der Waals surface area contributed by atoms with Crippen molar-refractivity contribution in [1.29, 1.82) is 0 Å². The Morgan fingerprint density at radius 3 is 2.00 bits per heavy atom. The number of halogens is 8. The van der Waals surface area contributed by atoms with Gasteiger partial charge in [-0.15, -0.1) is 0 Å². The van der Waals surface area contributed by atoms with Crippen LogP contribution < -0.4 is 0 Å². The van der Waals surface area contributed by atoms with E-state index in [9.17, 15) is 35.5 Å². The van der Waals surface area contributed by atoms with E-state index in [-0.39, 0.29) is 22.7 Å². The summed E-state index contributed by atoms with van der Waals surface area (Å²) in [7, 11) is 0. The van der Waals surface area contributed by atoms with Crippen molar-refractivity contribution < 1.29 is 40.6 Å². The molecule has 0 radical (unpaired) electrons. The molecule has 1 atom stereocenters. The van der Waals surface area contributed by atoms with Crippen molar-refractivity contribution >= 4 is 23.4 Å². The molecule has 0 aliphatic carbocycles. The van der Waals surface area contributed by atoms with Crippen LogP contribution in [0.1, 0.15) is 44.1 Å². The average molecular weight is 455 g/mol. The van der Waals surface area contributed by atoms with Gasteiger partial charge >= 0.3 is 18.3 Å². The molecule has 0 aromatic heterocycles. The van der Waals surface area contributed by atoms with Crippen LogP contribution in [0.2, 0.25) is 5.02 Å². The number of hydrogen-bond donors (Lipinski definition) is 1. The Labute approximate surface area is 171 Å². The monoisotopic (exact) mass is 454 g/mol. The number of aryl methyl sites for hydroxylation is 2. The smallest absolute Gasteiger partial charge is 0.417 e. The number of carboxylic acid groups (broad SMARTS) is 1. The summed E-state index contributed by atoms with van der Waals surface area (Å²) in [4.78, 5) is 11.0. The van der Waals surface area contributed by atoms with Crippen molar-refractivity contribution in [2.75, 3.05) is 0 Å². The first-order valence-electron chi connectivity index (χ1n) is 8.28. The summed E-state index contributed by atoms with van der Waals surface area (Å²) in [5, 5.41) is 9.10. The minimum atomic E-state index is -5.14. The summed E-state index contributed by atoms with van der Waals surface area (Å²) >= 11 is 5.95. The molecule has 2 aromatic rings. The first-order chi connectivity index (χ1) is 13.6. The summed E-state index contributed by atoms with van der Waals surface area (Å²) in [6.45, 7) is 2.93. The van der Waals surface area contributed by atoms with E-state index in [1.54, 1.807) is 0 Å². The van der Waals surface area contributed by atoms with Gasteiger partial charge in [-0.25, -0.2) is 9.18 Å². The van der Waals surface area contributed by atoms with Gasteiger partial charge < -0.3 is 5.11 Å².